The van der Waals surface area contributed by atoms with E-state index in [1.165, 1.54) is 4.90 Å². The van der Waals surface area contributed by atoms with Crippen LogP contribution in [0.3, 0.4) is 0 Å². The highest BCUT2D eigenvalue weighted by atomic mass is 32.2. The van der Waals surface area contributed by atoms with Crippen molar-refractivity contribution >= 4 is 28.8 Å². The van der Waals surface area contributed by atoms with Gasteiger partial charge >= 0.3 is 0 Å². The summed E-state index contributed by atoms with van der Waals surface area (Å²) in [5, 5.41) is -0.192. The molecule has 0 aromatic heterocycles. The van der Waals surface area contributed by atoms with E-state index >= 15 is 0 Å². The van der Waals surface area contributed by atoms with Crippen LogP contribution in [0.2, 0.25) is 0 Å². The van der Waals surface area contributed by atoms with Crippen LogP contribution in [0.5, 0.6) is 0 Å². The van der Waals surface area contributed by atoms with E-state index in [9.17, 15) is 14.4 Å². The van der Waals surface area contributed by atoms with Gasteiger partial charge in [-0.1, -0.05) is 30.0 Å². The van der Waals surface area contributed by atoms with Gasteiger partial charge in [-0.25, -0.2) is 0 Å². The molecule has 0 spiro atoms. The minimum Gasteiger partial charge on any atom is -0.334 e. The molecule has 0 atom stereocenters. The number of nitrogens with zero attached hydrogens (tertiary/aromatic N) is 2. The maximum atomic E-state index is 12.3. The second kappa shape index (κ2) is 4.94. The molecule has 0 bridgehead atoms. The number of amides is 3. The summed E-state index contributed by atoms with van der Waals surface area (Å²) in [6, 6.07) is 7.27. The van der Waals surface area contributed by atoms with Crippen molar-refractivity contribution in [1.82, 2.24) is 9.80 Å². The second-order valence-electron chi connectivity index (χ2n) is 5.00. The molecule has 0 radical (unpaired) electrons. The molecule has 2 saturated heterocycles. The Bertz CT molecular complexity index is 580. The lowest BCUT2D eigenvalue weighted by Crippen LogP contribution is -2.62. The van der Waals surface area contributed by atoms with Gasteiger partial charge in [0.2, 0.25) is 5.91 Å². The number of aryl methyl sites for hydroxylation is 1. The van der Waals surface area contributed by atoms with Crippen molar-refractivity contribution < 1.29 is 14.4 Å². The highest BCUT2D eigenvalue weighted by Crippen LogP contribution is 2.27. The fourth-order valence-electron chi connectivity index (χ4n) is 2.48. The SMILES string of the molecule is Cc1ccccc1C(=O)N1CC(N2C(=O)CSC2=O)C1. The first-order chi connectivity index (χ1) is 9.58. The zero-order chi connectivity index (χ0) is 14.3. The van der Waals surface area contributed by atoms with E-state index in [1.54, 1.807) is 11.0 Å². The summed E-state index contributed by atoms with van der Waals surface area (Å²) in [7, 11) is 0. The first-order valence-electron chi connectivity index (χ1n) is 6.41. The Morgan fingerprint density at radius 2 is 1.95 bits per heavy atom. The third-order valence-electron chi connectivity index (χ3n) is 3.67. The number of thioether (sulfide) groups is 1. The molecular weight excluding hydrogens is 276 g/mol. The van der Waals surface area contributed by atoms with Gasteiger partial charge in [0.1, 0.15) is 0 Å². The summed E-state index contributed by atoms with van der Waals surface area (Å²) in [5.41, 5.74) is 1.62. The quantitative estimate of drug-likeness (QED) is 0.828. The Morgan fingerprint density at radius 3 is 2.55 bits per heavy atom. The van der Waals surface area contributed by atoms with Crippen molar-refractivity contribution in [2.24, 2.45) is 0 Å². The maximum Gasteiger partial charge on any atom is 0.289 e. The first-order valence-corrected chi connectivity index (χ1v) is 7.40. The molecule has 2 heterocycles. The van der Waals surface area contributed by atoms with Crippen molar-refractivity contribution in [3.05, 3.63) is 35.4 Å². The molecule has 20 heavy (non-hydrogen) atoms. The minimum absolute atomic E-state index is 0.0360. The first kappa shape index (κ1) is 13.2. The molecule has 0 unspecified atom stereocenters. The molecule has 104 valence electrons. The van der Waals surface area contributed by atoms with E-state index in [0.29, 0.717) is 18.7 Å². The second-order valence-corrected chi connectivity index (χ2v) is 5.92. The van der Waals surface area contributed by atoms with Crippen LogP contribution in [0.4, 0.5) is 4.79 Å². The molecule has 2 aliphatic heterocycles. The zero-order valence-electron chi connectivity index (χ0n) is 11.0. The molecule has 2 aliphatic rings. The molecule has 3 rings (SSSR count). The normalized spacial score (nSPS) is 19.4. The smallest absolute Gasteiger partial charge is 0.289 e. The molecule has 0 N–H and O–H groups in total. The van der Waals surface area contributed by atoms with Crippen LogP contribution in [0.15, 0.2) is 24.3 Å². The van der Waals surface area contributed by atoms with Crippen molar-refractivity contribution in [3.8, 4) is 0 Å². The summed E-state index contributed by atoms with van der Waals surface area (Å²) in [6.45, 7) is 2.77. The van der Waals surface area contributed by atoms with Gasteiger partial charge in [0.05, 0.1) is 11.8 Å². The van der Waals surface area contributed by atoms with Crippen LogP contribution >= 0.6 is 11.8 Å². The Morgan fingerprint density at radius 1 is 1.25 bits per heavy atom. The van der Waals surface area contributed by atoms with Gasteiger partial charge in [-0.2, -0.15) is 0 Å². The van der Waals surface area contributed by atoms with Crippen LogP contribution in [0.25, 0.3) is 0 Å². The van der Waals surface area contributed by atoms with Crippen LogP contribution in [0, 0.1) is 6.92 Å². The zero-order valence-corrected chi connectivity index (χ0v) is 11.9. The van der Waals surface area contributed by atoms with E-state index < -0.39 is 0 Å². The minimum atomic E-state index is -0.192. The van der Waals surface area contributed by atoms with Gasteiger partial charge in [0.15, 0.2) is 0 Å². The largest absolute Gasteiger partial charge is 0.334 e. The molecule has 5 nitrogen and oxygen atoms in total. The number of rotatable bonds is 2. The summed E-state index contributed by atoms with van der Waals surface area (Å²) in [6.07, 6.45) is 0. The molecule has 1 aromatic carbocycles. The molecule has 2 fully saturated rings. The van der Waals surface area contributed by atoms with Crippen molar-refractivity contribution in [1.29, 1.82) is 0 Å². The van der Waals surface area contributed by atoms with Gasteiger partial charge in [-0.15, -0.1) is 0 Å². The van der Waals surface area contributed by atoms with Crippen molar-refractivity contribution in [2.75, 3.05) is 18.8 Å². The Kier molecular flexibility index (Phi) is 3.25. The van der Waals surface area contributed by atoms with Crippen LogP contribution in [-0.2, 0) is 4.79 Å². The topological polar surface area (TPSA) is 57.7 Å². The Labute approximate surface area is 120 Å². The van der Waals surface area contributed by atoms with Gasteiger partial charge < -0.3 is 4.90 Å². The third-order valence-corrected chi connectivity index (χ3v) is 4.51. The van der Waals surface area contributed by atoms with Crippen LogP contribution in [-0.4, -0.2) is 51.7 Å². The summed E-state index contributed by atoms with van der Waals surface area (Å²) >= 11 is 1.03. The van der Waals surface area contributed by atoms with E-state index in [-0.39, 0.29) is 28.8 Å². The number of hydrogen-bond donors (Lipinski definition) is 0. The highest BCUT2D eigenvalue weighted by molar-refractivity contribution is 8.14. The number of likely N-dealkylation sites (tertiary alicyclic amines) is 1. The molecule has 1 aromatic rings. The highest BCUT2D eigenvalue weighted by Gasteiger charge is 2.43. The fourth-order valence-corrected chi connectivity index (χ4v) is 3.26. The van der Waals surface area contributed by atoms with Crippen molar-refractivity contribution in [2.45, 2.75) is 13.0 Å². The molecule has 0 aliphatic carbocycles. The fraction of sp³-hybridized carbons (Fsp3) is 0.357. The monoisotopic (exact) mass is 290 g/mol. The van der Waals surface area contributed by atoms with Crippen LogP contribution < -0.4 is 0 Å². The average Bonchev–Trinajstić information content (AvgIpc) is 2.69. The lowest BCUT2D eigenvalue weighted by molar-refractivity contribution is -0.128. The van der Waals surface area contributed by atoms with Gasteiger partial charge in [0.25, 0.3) is 11.1 Å². The number of benzene rings is 1. The summed E-state index contributed by atoms with van der Waals surface area (Å²) in [5.74, 6) is 0.0419. The number of hydrogen-bond acceptors (Lipinski definition) is 4. The van der Waals surface area contributed by atoms with Gasteiger partial charge in [0, 0.05) is 18.7 Å². The van der Waals surface area contributed by atoms with Crippen LogP contribution in [0.1, 0.15) is 15.9 Å². The van der Waals surface area contributed by atoms with E-state index in [2.05, 4.69) is 0 Å². The van der Waals surface area contributed by atoms with Gasteiger partial charge in [-0.05, 0) is 18.6 Å². The predicted molar refractivity (Wildman–Crippen MR) is 75.6 cm³/mol. The average molecular weight is 290 g/mol. The third kappa shape index (κ3) is 2.10. The lowest BCUT2D eigenvalue weighted by atomic mass is 10.0. The summed E-state index contributed by atoms with van der Waals surface area (Å²) in [4.78, 5) is 38.5. The molecule has 3 amide bonds. The van der Waals surface area contributed by atoms with Gasteiger partial charge in [-0.3, -0.25) is 19.3 Å². The van der Waals surface area contributed by atoms with E-state index in [1.807, 2.05) is 25.1 Å². The molecule has 0 saturated carbocycles. The van der Waals surface area contributed by atoms with E-state index in [0.717, 1.165) is 17.3 Å². The molecule has 6 heteroatoms. The predicted octanol–water partition coefficient (Wildman–Crippen LogP) is 1.51. The number of carbonyl (C=O) groups is 3. The number of imide groups is 1. The standard InChI is InChI=1S/C14H14N2O3S/c1-9-4-2-3-5-11(9)13(18)15-6-10(7-15)16-12(17)8-20-14(16)19/h2-5,10H,6-8H2,1H3. The maximum absolute atomic E-state index is 12.3. The molecular formula is C14H14N2O3S. The Balaban J connectivity index is 1.66. The lowest BCUT2D eigenvalue weighted by Gasteiger charge is -2.42. The Hall–Kier alpha value is -1.82. The van der Waals surface area contributed by atoms with Crippen molar-refractivity contribution in [3.63, 3.8) is 0 Å². The van der Waals surface area contributed by atoms with E-state index in [4.69, 9.17) is 0 Å². The summed E-state index contributed by atoms with van der Waals surface area (Å²) < 4.78 is 0. The number of carbonyl (C=O) groups excluding carboxylic acids is 3.